The minimum absolute atomic E-state index is 0.146. The van der Waals surface area contributed by atoms with Gasteiger partial charge in [0.2, 0.25) is 0 Å². The molecule has 0 N–H and O–H groups in total. The highest BCUT2D eigenvalue weighted by Crippen LogP contribution is 2.33. The van der Waals surface area contributed by atoms with E-state index in [9.17, 15) is 4.79 Å². The maximum Gasteiger partial charge on any atom is 0.412 e. The first-order valence-corrected chi connectivity index (χ1v) is 12.5. The highest BCUT2D eigenvalue weighted by atomic mass is 28.3. The fourth-order valence-electron chi connectivity index (χ4n) is 2.98. The van der Waals surface area contributed by atoms with Crippen LogP contribution in [0.4, 0.5) is 4.79 Å². The van der Waals surface area contributed by atoms with Gasteiger partial charge in [-0.1, -0.05) is 40.4 Å². The molecule has 1 rings (SSSR count). The van der Waals surface area contributed by atoms with Gasteiger partial charge in [-0.05, 0) is 26.8 Å². The predicted octanol–water partition coefficient (Wildman–Crippen LogP) is 4.61. The van der Waals surface area contributed by atoms with E-state index in [2.05, 4.69) is 40.4 Å². The molecule has 2 atom stereocenters. The SMILES string of the molecule is COC1=N[C@H](C(C)(C)C)N(C(=O)OC(C)(C)C)C[C@H]1C[Si](C)(C)C. The van der Waals surface area contributed by atoms with Gasteiger partial charge >= 0.3 is 6.09 Å². The third kappa shape index (κ3) is 6.11. The van der Waals surface area contributed by atoms with Gasteiger partial charge in [-0.3, -0.25) is 4.90 Å². The summed E-state index contributed by atoms with van der Waals surface area (Å²) in [5.41, 5.74) is -0.705. The molecular weight excluding hydrogens is 320 g/mol. The zero-order chi connectivity index (χ0) is 18.9. The van der Waals surface area contributed by atoms with Crippen molar-refractivity contribution in [3.05, 3.63) is 0 Å². The fraction of sp³-hybridized carbons (Fsp3) is 0.889. The molecule has 5 nitrogen and oxygen atoms in total. The van der Waals surface area contributed by atoms with Crippen molar-refractivity contribution >= 4 is 20.1 Å². The molecule has 1 aliphatic rings. The Morgan fingerprint density at radius 2 is 1.75 bits per heavy atom. The molecule has 0 bridgehead atoms. The van der Waals surface area contributed by atoms with Crippen molar-refractivity contribution in [2.45, 2.75) is 79.0 Å². The first-order chi connectivity index (χ1) is 10.6. The number of nitrogens with zero attached hydrogens (tertiary/aromatic N) is 2. The van der Waals surface area contributed by atoms with Crippen LogP contribution in [0, 0.1) is 11.3 Å². The maximum atomic E-state index is 12.8. The van der Waals surface area contributed by atoms with Crippen molar-refractivity contribution in [1.82, 2.24) is 4.90 Å². The third-order valence-electron chi connectivity index (χ3n) is 3.78. The molecule has 140 valence electrons. The van der Waals surface area contributed by atoms with Gasteiger partial charge in [0.05, 0.1) is 13.0 Å². The zero-order valence-electron chi connectivity index (χ0n) is 17.2. The van der Waals surface area contributed by atoms with Crippen LogP contribution in [0.1, 0.15) is 41.5 Å². The molecule has 0 radical (unpaired) electrons. The average Bonchev–Trinajstić information content (AvgIpc) is 2.32. The van der Waals surface area contributed by atoms with E-state index in [4.69, 9.17) is 14.5 Å². The quantitative estimate of drug-likeness (QED) is 0.679. The second-order valence-corrected chi connectivity index (χ2v) is 15.5. The van der Waals surface area contributed by atoms with Crippen LogP contribution >= 0.6 is 0 Å². The van der Waals surface area contributed by atoms with E-state index >= 15 is 0 Å². The molecule has 0 aromatic rings. The first kappa shape index (κ1) is 21.0. The van der Waals surface area contributed by atoms with Crippen LogP contribution in [-0.4, -0.2) is 50.4 Å². The molecule has 6 heteroatoms. The van der Waals surface area contributed by atoms with Crippen molar-refractivity contribution < 1.29 is 14.3 Å². The Kier molecular flexibility index (Phi) is 6.18. The monoisotopic (exact) mass is 356 g/mol. The van der Waals surface area contributed by atoms with Gasteiger partial charge in [0, 0.05) is 20.0 Å². The van der Waals surface area contributed by atoms with Crippen LogP contribution in [0.15, 0.2) is 4.99 Å². The Morgan fingerprint density at radius 3 is 2.12 bits per heavy atom. The smallest absolute Gasteiger partial charge is 0.412 e. The van der Waals surface area contributed by atoms with Crippen LogP contribution < -0.4 is 0 Å². The lowest BCUT2D eigenvalue weighted by atomic mass is 9.89. The lowest BCUT2D eigenvalue weighted by Crippen LogP contribution is -2.55. The van der Waals surface area contributed by atoms with Gasteiger partial charge in [-0.25, -0.2) is 9.79 Å². The molecule has 0 unspecified atom stereocenters. The summed E-state index contributed by atoms with van der Waals surface area (Å²) in [7, 11) is 0.358. The van der Waals surface area contributed by atoms with Gasteiger partial charge in [-0.15, -0.1) is 0 Å². The average molecular weight is 357 g/mol. The van der Waals surface area contributed by atoms with Gasteiger partial charge in [0.15, 0.2) is 5.90 Å². The molecule has 0 fully saturated rings. The zero-order valence-corrected chi connectivity index (χ0v) is 18.2. The fourth-order valence-corrected chi connectivity index (χ4v) is 4.76. The number of carbonyl (C=O) groups is 1. The lowest BCUT2D eigenvalue weighted by molar-refractivity contribution is -0.00263. The van der Waals surface area contributed by atoms with Crippen molar-refractivity contribution in [3.8, 4) is 0 Å². The number of amides is 1. The standard InChI is InChI=1S/C18H36N2O3Si/c1-17(2,3)15-19-14(22-7)13(12-24(8,9)10)11-20(15)16(21)23-18(4,5)6/h13,15H,11-12H2,1-10H3/t13-,15-/m0/s1. The van der Waals surface area contributed by atoms with Crippen LogP contribution in [0.3, 0.4) is 0 Å². The summed E-state index contributed by atoms with van der Waals surface area (Å²) in [6.45, 7) is 19.5. The van der Waals surface area contributed by atoms with Crippen LogP contribution in [0.2, 0.25) is 25.7 Å². The summed E-state index contributed by atoms with van der Waals surface area (Å²) in [6, 6.07) is 1.04. The van der Waals surface area contributed by atoms with Crippen molar-refractivity contribution in [3.63, 3.8) is 0 Å². The highest BCUT2D eigenvalue weighted by molar-refractivity contribution is 6.76. The second-order valence-electron chi connectivity index (χ2n) is 10.0. The molecule has 0 aromatic carbocycles. The van der Waals surface area contributed by atoms with E-state index in [1.165, 1.54) is 0 Å². The van der Waals surface area contributed by atoms with E-state index in [1.807, 2.05) is 20.8 Å². The van der Waals surface area contributed by atoms with E-state index in [1.54, 1.807) is 12.0 Å². The van der Waals surface area contributed by atoms with E-state index < -0.39 is 13.7 Å². The number of rotatable bonds is 2. The molecule has 0 saturated carbocycles. The summed E-state index contributed by atoms with van der Waals surface area (Å²) in [6.07, 6.45) is -0.568. The number of ether oxygens (including phenoxy) is 2. The van der Waals surface area contributed by atoms with Gasteiger partial charge in [-0.2, -0.15) is 0 Å². The van der Waals surface area contributed by atoms with Crippen LogP contribution in [0.25, 0.3) is 0 Å². The number of methoxy groups -OCH3 is 1. The molecule has 24 heavy (non-hydrogen) atoms. The normalized spacial score (nSPS) is 22.9. The summed E-state index contributed by atoms with van der Waals surface area (Å²) in [5, 5.41) is 0. The molecule has 1 aliphatic heterocycles. The molecule has 0 spiro atoms. The van der Waals surface area contributed by atoms with Gasteiger partial charge < -0.3 is 9.47 Å². The van der Waals surface area contributed by atoms with Crippen molar-refractivity contribution in [1.29, 1.82) is 0 Å². The topological polar surface area (TPSA) is 51.1 Å². The molecule has 1 heterocycles. The molecule has 0 aliphatic carbocycles. The van der Waals surface area contributed by atoms with E-state index in [0.29, 0.717) is 6.54 Å². The molecular formula is C18H36N2O3Si. The summed E-state index contributed by atoms with van der Waals surface area (Å²) in [5.74, 6) is 0.921. The minimum atomic E-state index is -1.32. The van der Waals surface area contributed by atoms with E-state index in [0.717, 1.165) is 11.9 Å². The van der Waals surface area contributed by atoms with Crippen LogP contribution in [0.5, 0.6) is 0 Å². The largest absolute Gasteiger partial charge is 0.484 e. The number of carbonyl (C=O) groups excluding carboxylic acids is 1. The van der Waals surface area contributed by atoms with Crippen molar-refractivity contribution in [2.75, 3.05) is 13.7 Å². The van der Waals surface area contributed by atoms with Crippen molar-refractivity contribution in [2.24, 2.45) is 16.3 Å². The Morgan fingerprint density at radius 1 is 1.21 bits per heavy atom. The first-order valence-electron chi connectivity index (χ1n) is 8.75. The Bertz CT molecular complexity index is 484. The molecule has 1 amide bonds. The number of hydrogen-bond acceptors (Lipinski definition) is 4. The van der Waals surface area contributed by atoms with Crippen LogP contribution in [-0.2, 0) is 9.47 Å². The molecule has 0 saturated heterocycles. The molecule has 0 aromatic heterocycles. The number of aliphatic imine (C=N–C) groups is 1. The Hall–Kier alpha value is -1.04. The highest BCUT2D eigenvalue weighted by Gasteiger charge is 2.42. The summed E-state index contributed by atoms with van der Waals surface area (Å²) in [4.78, 5) is 19.4. The second kappa shape index (κ2) is 7.06. The van der Waals surface area contributed by atoms with E-state index in [-0.39, 0.29) is 23.6 Å². The predicted molar refractivity (Wildman–Crippen MR) is 102 cm³/mol. The van der Waals surface area contributed by atoms with Gasteiger partial charge in [0.1, 0.15) is 11.8 Å². The third-order valence-corrected chi connectivity index (χ3v) is 5.50. The maximum absolute atomic E-state index is 12.8. The minimum Gasteiger partial charge on any atom is -0.484 e. The number of hydrogen-bond donors (Lipinski definition) is 0. The Balaban J connectivity index is 3.19. The Labute approximate surface area is 148 Å². The summed E-state index contributed by atoms with van der Waals surface area (Å²) >= 11 is 0. The summed E-state index contributed by atoms with van der Waals surface area (Å²) < 4.78 is 11.2. The lowest BCUT2D eigenvalue weighted by Gasteiger charge is -2.43. The van der Waals surface area contributed by atoms with Gasteiger partial charge in [0.25, 0.3) is 0 Å².